The van der Waals surface area contributed by atoms with Crippen molar-refractivity contribution in [3.05, 3.63) is 53.1 Å². The molecule has 0 fully saturated rings. The average Bonchev–Trinajstić information content (AvgIpc) is 3.29. The standard InChI is InChI=1S/C22H23NO5/c1-3-25-19-10-16-8-14(2)28-20(16)11-17(19)12-23-22(24)7-5-15-4-6-18-21(9-15)27-13-26-18/h4-7,9-11,14H,3,8,12-13H2,1-2H3,(H,23,24)/b7-5+/t14-/m0/s1. The van der Waals surface area contributed by atoms with Gasteiger partial charge >= 0.3 is 0 Å². The molecule has 2 heterocycles. The predicted octanol–water partition coefficient (Wildman–Crippen LogP) is 3.47. The first-order valence-corrected chi connectivity index (χ1v) is 9.43. The van der Waals surface area contributed by atoms with Gasteiger partial charge in [-0.1, -0.05) is 6.07 Å². The summed E-state index contributed by atoms with van der Waals surface area (Å²) in [6.07, 6.45) is 4.29. The summed E-state index contributed by atoms with van der Waals surface area (Å²) in [4.78, 5) is 12.3. The van der Waals surface area contributed by atoms with Crippen molar-refractivity contribution in [2.45, 2.75) is 32.9 Å². The first kappa shape index (κ1) is 18.2. The summed E-state index contributed by atoms with van der Waals surface area (Å²) in [5.41, 5.74) is 2.92. The van der Waals surface area contributed by atoms with E-state index in [-0.39, 0.29) is 18.8 Å². The lowest BCUT2D eigenvalue weighted by Crippen LogP contribution is -2.20. The molecule has 0 aliphatic carbocycles. The van der Waals surface area contributed by atoms with E-state index < -0.39 is 0 Å². The summed E-state index contributed by atoms with van der Waals surface area (Å²) < 4.78 is 22.2. The van der Waals surface area contributed by atoms with E-state index in [1.807, 2.05) is 44.2 Å². The first-order chi connectivity index (χ1) is 13.6. The van der Waals surface area contributed by atoms with E-state index in [9.17, 15) is 4.79 Å². The Hall–Kier alpha value is -3.15. The molecule has 2 aromatic rings. The number of rotatable bonds is 6. The second kappa shape index (κ2) is 7.84. The number of hydrogen-bond donors (Lipinski definition) is 1. The minimum atomic E-state index is -0.185. The van der Waals surface area contributed by atoms with E-state index in [2.05, 4.69) is 5.32 Å². The lowest BCUT2D eigenvalue weighted by atomic mass is 10.1. The van der Waals surface area contributed by atoms with E-state index in [1.54, 1.807) is 6.08 Å². The molecule has 0 saturated heterocycles. The Labute approximate surface area is 164 Å². The van der Waals surface area contributed by atoms with Gasteiger partial charge in [-0.15, -0.1) is 0 Å². The van der Waals surface area contributed by atoms with Crippen molar-refractivity contribution in [1.29, 1.82) is 0 Å². The molecule has 2 aliphatic heterocycles. The third kappa shape index (κ3) is 3.91. The van der Waals surface area contributed by atoms with Crippen molar-refractivity contribution >= 4 is 12.0 Å². The zero-order chi connectivity index (χ0) is 19.5. The van der Waals surface area contributed by atoms with Crippen LogP contribution in [-0.2, 0) is 17.8 Å². The van der Waals surface area contributed by atoms with Crippen LogP contribution in [0.4, 0.5) is 0 Å². The van der Waals surface area contributed by atoms with Gasteiger partial charge in [0, 0.05) is 30.2 Å². The molecule has 6 nitrogen and oxygen atoms in total. The third-order valence-electron chi connectivity index (χ3n) is 4.66. The number of fused-ring (bicyclic) bond motifs is 2. The van der Waals surface area contributed by atoms with Gasteiger partial charge in [0.25, 0.3) is 0 Å². The monoisotopic (exact) mass is 381 g/mol. The molecule has 0 spiro atoms. The molecule has 6 heteroatoms. The van der Waals surface area contributed by atoms with Crippen LogP contribution in [-0.4, -0.2) is 25.4 Å². The third-order valence-corrected chi connectivity index (χ3v) is 4.66. The fourth-order valence-electron chi connectivity index (χ4n) is 3.34. The van der Waals surface area contributed by atoms with Gasteiger partial charge in [0.1, 0.15) is 17.6 Å². The van der Waals surface area contributed by atoms with Gasteiger partial charge in [-0.3, -0.25) is 4.79 Å². The fourth-order valence-corrected chi connectivity index (χ4v) is 3.34. The molecule has 0 saturated carbocycles. The Balaban J connectivity index is 1.41. The zero-order valence-electron chi connectivity index (χ0n) is 16.0. The van der Waals surface area contributed by atoms with E-state index in [4.69, 9.17) is 18.9 Å². The van der Waals surface area contributed by atoms with Crippen LogP contribution in [0.15, 0.2) is 36.4 Å². The highest BCUT2D eigenvalue weighted by molar-refractivity contribution is 5.91. The van der Waals surface area contributed by atoms with Crippen LogP contribution in [0.25, 0.3) is 6.08 Å². The number of ether oxygens (including phenoxy) is 4. The summed E-state index contributed by atoms with van der Waals surface area (Å²) in [7, 11) is 0. The molecule has 0 aromatic heterocycles. The highest BCUT2D eigenvalue weighted by atomic mass is 16.7. The van der Waals surface area contributed by atoms with Gasteiger partial charge < -0.3 is 24.3 Å². The molecule has 1 atom stereocenters. The number of amides is 1. The number of carbonyl (C=O) groups is 1. The number of nitrogens with one attached hydrogen (secondary N) is 1. The number of hydrogen-bond acceptors (Lipinski definition) is 5. The van der Waals surface area contributed by atoms with Crippen LogP contribution in [0.2, 0.25) is 0 Å². The van der Waals surface area contributed by atoms with Crippen molar-refractivity contribution < 1.29 is 23.7 Å². The smallest absolute Gasteiger partial charge is 0.244 e. The highest BCUT2D eigenvalue weighted by Crippen LogP contribution is 2.35. The van der Waals surface area contributed by atoms with Crippen molar-refractivity contribution in [2.24, 2.45) is 0 Å². The van der Waals surface area contributed by atoms with Gasteiger partial charge in [0.05, 0.1) is 6.61 Å². The zero-order valence-corrected chi connectivity index (χ0v) is 16.0. The average molecular weight is 381 g/mol. The minimum absolute atomic E-state index is 0.166. The molecular formula is C22H23NO5. The minimum Gasteiger partial charge on any atom is -0.494 e. The number of benzene rings is 2. The van der Waals surface area contributed by atoms with Crippen LogP contribution >= 0.6 is 0 Å². The van der Waals surface area contributed by atoms with Crippen molar-refractivity contribution in [3.8, 4) is 23.0 Å². The van der Waals surface area contributed by atoms with Crippen molar-refractivity contribution in [3.63, 3.8) is 0 Å². The Kier molecular flexibility index (Phi) is 5.10. The Morgan fingerprint density at radius 3 is 2.93 bits per heavy atom. The van der Waals surface area contributed by atoms with Gasteiger partial charge in [0.2, 0.25) is 12.7 Å². The van der Waals surface area contributed by atoms with Crippen LogP contribution in [0.5, 0.6) is 23.0 Å². The maximum atomic E-state index is 12.3. The topological polar surface area (TPSA) is 66.0 Å². The fraction of sp³-hybridized carbons (Fsp3) is 0.318. The molecule has 0 radical (unpaired) electrons. The van der Waals surface area contributed by atoms with Crippen LogP contribution in [0, 0.1) is 0 Å². The van der Waals surface area contributed by atoms with Gasteiger partial charge in [-0.05, 0) is 49.8 Å². The van der Waals surface area contributed by atoms with Crippen molar-refractivity contribution in [2.75, 3.05) is 13.4 Å². The molecule has 0 bridgehead atoms. The molecule has 28 heavy (non-hydrogen) atoms. The normalized spacial score (nSPS) is 16.7. The Morgan fingerprint density at radius 2 is 2.07 bits per heavy atom. The molecule has 0 unspecified atom stereocenters. The summed E-state index contributed by atoms with van der Waals surface area (Å²) >= 11 is 0. The van der Waals surface area contributed by atoms with Crippen LogP contribution in [0.1, 0.15) is 30.5 Å². The molecule has 2 aliphatic rings. The van der Waals surface area contributed by atoms with Crippen molar-refractivity contribution in [1.82, 2.24) is 5.32 Å². The lowest BCUT2D eigenvalue weighted by molar-refractivity contribution is -0.116. The maximum Gasteiger partial charge on any atom is 0.244 e. The molecule has 2 aromatic carbocycles. The molecule has 4 rings (SSSR count). The highest BCUT2D eigenvalue weighted by Gasteiger charge is 2.22. The Bertz CT molecular complexity index is 921. The van der Waals surface area contributed by atoms with Crippen LogP contribution in [0.3, 0.4) is 0 Å². The first-order valence-electron chi connectivity index (χ1n) is 9.43. The molecule has 146 valence electrons. The number of carbonyl (C=O) groups excluding carboxylic acids is 1. The molecular weight excluding hydrogens is 358 g/mol. The van der Waals surface area contributed by atoms with E-state index >= 15 is 0 Å². The van der Waals surface area contributed by atoms with Crippen LogP contribution < -0.4 is 24.3 Å². The second-order valence-corrected chi connectivity index (χ2v) is 6.80. The predicted molar refractivity (Wildman–Crippen MR) is 105 cm³/mol. The van der Waals surface area contributed by atoms with Gasteiger partial charge in [-0.25, -0.2) is 0 Å². The quantitative estimate of drug-likeness (QED) is 0.776. The van der Waals surface area contributed by atoms with Gasteiger partial charge in [-0.2, -0.15) is 0 Å². The van der Waals surface area contributed by atoms with E-state index in [0.29, 0.717) is 18.9 Å². The largest absolute Gasteiger partial charge is 0.494 e. The summed E-state index contributed by atoms with van der Waals surface area (Å²) in [6, 6.07) is 9.54. The summed E-state index contributed by atoms with van der Waals surface area (Å²) in [5, 5.41) is 2.91. The van der Waals surface area contributed by atoms with E-state index in [0.717, 1.165) is 40.4 Å². The molecule has 1 amide bonds. The maximum absolute atomic E-state index is 12.3. The SMILES string of the molecule is CCOc1cc2c(cc1CNC(=O)/C=C/c1ccc3c(c1)OCO3)O[C@@H](C)C2. The summed E-state index contributed by atoms with van der Waals surface area (Å²) in [5.74, 6) is 2.89. The Morgan fingerprint density at radius 1 is 1.21 bits per heavy atom. The van der Waals surface area contributed by atoms with Gasteiger partial charge in [0.15, 0.2) is 11.5 Å². The lowest BCUT2D eigenvalue weighted by Gasteiger charge is -2.13. The molecule has 1 N–H and O–H groups in total. The van der Waals surface area contributed by atoms with E-state index in [1.165, 1.54) is 6.08 Å². The second-order valence-electron chi connectivity index (χ2n) is 6.80. The summed E-state index contributed by atoms with van der Waals surface area (Å²) in [6.45, 7) is 5.16.